The first kappa shape index (κ1) is 18.0. The van der Waals surface area contributed by atoms with Crippen molar-refractivity contribution in [1.82, 2.24) is 15.1 Å². The molecule has 1 aromatic carbocycles. The molecule has 2 aromatic rings. The summed E-state index contributed by atoms with van der Waals surface area (Å²) in [4.78, 5) is 12.8. The second-order valence-electron chi connectivity index (χ2n) is 7.21. The van der Waals surface area contributed by atoms with Gasteiger partial charge in [0.25, 0.3) is 0 Å². The molecule has 1 saturated carbocycles. The molecule has 1 unspecified atom stereocenters. The van der Waals surface area contributed by atoms with Crippen LogP contribution in [0.4, 0.5) is 5.69 Å². The lowest BCUT2D eigenvalue weighted by Gasteiger charge is -2.23. The van der Waals surface area contributed by atoms with E-state index in [9.17, 15) is 4.79 Å². The third kappa shape index (κ3) is 3.31. The summed E-state index contributed by atoms with van der Waals surface area (Å²) >= 11 is 0. The van der Waals surface area contributed by atoms with Crippen molar-refractivity contribution in [3.63, 3.8) is 0 Å². The van der Waals surface area contributed by atoms with E-state index in [1.807, 2.05) is 48.9 Å². The Morgan fingerprint density at radius 1 is 1.28 bits per heavy atom. The van der Waals surface area contributed by atoms with Gasteiger partial charge in [-0.15, -0.1) is 12.4 Å². The SMILES string of the molecule is Cc1cc(C)n(-c2ccccc2NC(=O)C2CC23CCNCC3)n1.Cl. The van der Waals surface area contributed by atoms with Crippen LogP contribution < -0.4 is 10.6 Å². The second kappa shape index (κ2) is 6.81. The predicted octanol–water partition coefficient (Wildman–Crippen LogP) is 3.24. The Kier molecular flexibility index (Phi) is 4.89. The number of nitrogens with zero attached hydrogens (tertiary/aromatic N) is 2. The lowest BCUT2D eigenvalue weighted by molar-refractivity contribution is -0.118. The summed E-state index contributed by atoms with van der Waals surface area (Å²) in [6.45, 7) is 6.08. The minimum atomic E-state index is 0. The number of carbonyl (C=O) groups is 1. The van der Waals surface area contributed by atoms with Crippen LogP contribution in [-0.2, 0) is 4.79 Å². The first-order chi connectivity index (χ1) is 11.6. The van der Waals surface area contributed by atoms with Crippen LogP contribution in [-0.4, -0.2) is 28.8 Å². The Morgan fingerprint density at radius 2 is 2.00 bits per heavy atom. The molecule has 1 spiro atoms. The standard InChI is InChI=1S/C19H24N4O.ClH/c1-13-11-14(2)23(22-13)17-6-4-3-5-16(17)21-18(24)15-12-19(15)7-9-20-10-8-19;/h3-6,11,15,20H,7-10,12H2,1-2H3,(H,21,24);1H. The van der Waals surface area contributed by atoms with Gasteiger partial charge in [-0.3, -0.25) is 4.79 Å². The third-order valence-corrected chi connectivity index (χ3v) is 5.51. The summed E-state index contributed by atoms with van der Waals surface area (Å²) in [7, 11) is 0. The van der Waals surface area contributed by atoms with Crippen molar-refractivity contribution in [3.8, 4) is 5.69 Å². The highest BCUT2D eigenvalue weighted by molar-refractivity contribution is 5.96. The molecule has 2 aliphatic rings. The molecule has 25 heavy (non-hydrogen) atoms. The quantitative estimate of drug-likeness (QED) is 0.883. The highest BCUT2D eigenvalue weighted by atomic mass is 35.5. The number of hydrogen-bond acceptors (Lipinski definition) is 3. The normalized spacial score (nSPS) is 20.8. The Morgan fingerprint density at radius 3 is 2.68 bits per heavy atom. The maximum atomic E-state index is 12.8. The molecule has 2 heterocycles. The van der Waals surface area contributed by atoms with Gasteiger partial charge in [0.15, 0.2) is 0 Å². The van der Waals surface area contributed by atoms with E-state index in [4.69, 9.17) is 0 Å². The smallest absolute Gasteiger partial charge is 0.228 e. The van der Waals surface area contributed by atoms with E-state index in [1.54, 1.807) is 0 Å². The largest absolute Gasteiger partial charge is 0.324 e. The topological polar surface area (TPSA) is 59.0 Å². The van der Waals surface area contributed by atoms with Crippen LogP contribution in [0.3, 0.4) is 0 Å². The zero-order chi connectivity index (χ0) is 16.7. The molecular weight excluding hydrogens is 336 g/mol. The van der Waals surface area contributed by atoms with Crippen molar-refractivity contribution in [2.45, 2.75) is 33.1 Å². The number of aryl methyl sites for hydroxylation is 2. The summed E-state index contributed by atoms with van der Waals surface area (Å²) in [5.74, 6) is 0.319. The van der Waals surface area contributed by atoms with Gasteiger partial charge in [0.1, 0.15) is 0 Å². The molecule has 134 valence electrons. The number of amides is 1. The summed E-state index contributed by atoms with van der Waals surface area (Å²) in [6.07, 6.45) is 3.26. The first-order valence-corrected chi connectivity index (χ1v) is 8.73. The molecule has 2 N–H and O–H groups in total. The molecule has 0 bridgehead atoms. The van der Waals surface area contributed by atoms with Gasteiger partial charge in [-0.1, -0.05) is 12.1 Å². The predicted molar refractivity (Wildman–Crippen MR) is 102 cm³/mol. The van der Waals surface area contributed by atoms with Gasteiger partial charge in [-0.25, -0.2) is 4.68 Å². The number of benzene rings is 1. The second-order valence-corrected chi connectivity index (χ2v) is 7.21. The van der Waals surface area contributed by atoms with Crippen LogP contribution in [0.5, 0.6) is 0 Å². The van der Waals surface area contributed by atoms with Crippen LogP contribution >= 0.6 is 12.4 Å². The van der Waals surface area contributed by atoms with Crippen molar-refractivity contribution in [2.75, 3.05) is 18.4 Å². The van der Waals surface area contributed by atoms with Crippen LogP contribution in [0.2, 0.25) is 0 Å². The maximum Gasteiger partial charge on any atom is 0.228 e. The molecule has 1 aromatic heterocycles. The fourth-order valence-corrected chi connectivity index (χ4v) is 4.05. The van der Waals surface area contributed by atoms with Gasteiger partial charge in [-0.2, -0.15) is 5.10 Å². The van der Waals surface area contributed by atoms with Crippen LogP contribution in [0.25, 0.3) is 5.69 Å². The van der Waals surface area contributed by atoms with Crippen LogP contribution in [0.1, 0.15) is 30.7 Å². The van der Waals surface area contributed by atoms with Crippen molar-refractivity contribution < 1.29 is 4.79 Å². The zero-order valence-corrected chi connectivity index (χ0v) is 15.5. The van der Waals surface area contributed by atoms with E-state index < -0.39 is 0 Å². The lowest BCUT2D eigenvalue weighted by Crippen LogP contribution is -2.31. The summed E-state index contributed by atoms with van der Waals surface area (Å²) in [5, 5.41) is 11.1. The molecule has 0 radical (unpaired) electrons. The van der Waals surface area contributed by atoms with E-state index in [-0.39, 0.29) is 29.6 Å². The van der Waals surface area contributed by atoms with Gasteiger partial charge < -0.3 is 10.6 Å². The first-order valence-electron chi connectivity index (χ1n) is 8.73. The number of piperidine rings is 1. The molecule has 1 amide bonds. The van der Waals surface area contributed by atoms with Crippen molar-refractivity contribution in [1.29, 1.82) is 0 Å². The zero-order valence-electron chi connectivity index (χ0n) is 14.7. The van der Waals surface area contributed by atoms with Gasteiger partial charge in [-0.05, 0) is 69.8 Å². The molecule has 6 heteroatoms. The number of halogens is 1. The molecule has 1 atom stereocenters. The number of aromatic nitrogens is 2. The molecule has 5 nitrogen and oxygen atoms in total. The number of rotatable bonds is 3. The highest BCUT2D eigenvalue weighted by Crippen LogP contribution is 2.58. The van der Waals surface area contributed by atoms with Gasteiger partial charge in [0.2, 0.25) is 5.91 Å². The monoisotopic (exact) mass is 360 g/mol. The van der Waals surface area contributed by atoms with Gasteiger partial charge >= 0.3 is 0 Å². The van der Waals surface area contributed by atoms with E-state index in [0.717, 1.165) is 55.1 Å². The van der Waals surface area contributed by atoms with Crippen LogP contribution in [0, 0.1) is 25.2 Å². The minimum Gasteiger partial charge on any atom is -0.324 e. The Hall–Kier alpha value is -1.85. The molecule has 1 aliphatic heterocycles. The fraction of sp³-hybridized carbons (Fsp3) is 0.474. The van der Waals surface area contributed by atoms with E-state index in [0.29, 0.717) is 0 Å². The lowest BCUT2D eigenvalue weighted by atomic mass is 9.92. The Bertz CT molecular complexity index is 779. The number of hydrogen-bond donors (Lipinski definition) is 2. The maximum absolute atomic E-state index is 12.8. The highest BCUT2D eigenvalue weighted by Gasteiger charge is 2.57. The summed E-state index contributed by atoms with van der Waals surface area (Å²) in [5.41, 5.74) is 4.06. The van der Waals surface area contributed by atoms with Gasteiger partial charge in [0, 0.05) is 11.6 Å². The van der Waals surface area contributed by atoms with Crippen LogP contribution in [0.15, 0.2) is 30.3 Å². The van der Waals surface area contributed by atoms with E-state index >= 15 is 0 Å². The molecule has 1 saturated heterocycles. The van der Waals surface area contributed by atoms with E-state index in [1.165, 1.54) is 0 Å². The number of anilines is 1. The molecule has 4 rings (SSSR count). The van der Waals surface area contributed by atoms with Gasteiger partial charge in [0.05, 0.1) is 17.1 Å². The minimum absolute atomic E-state index is 0. The van der Waals surface area contributed by atoms with Crippen molar-refractivity contribution in [2.24, 2.45) is 11.3 Å². The Labute approximate surface area is 154 Å². The molecule has 1 aliphatic carbocycles. The molecule has 2 fully saturated rings. The average molecular weight is 361 g/mol. The Balaban J connectivity index is 0.00000182. The van der Waals surface area contributed by atoms with Crippen molar-refractivity contribution >= 4 is 24.0 Å². The summed E-state index contributed by atoms with van der Waals surface area (Å²) in [6, 6.07) is 9.94. The summed E-state index contributed by atoms with van der Waals surface area (Å²) < 4.78 is 1.90. The third-order valence-electron chi connectivity index (χ3n) is 5.51. The number of carbonyl (C=O) groups excluding carboxylic acids is 1. The van der Waals surface area contributed by atoms with Crippen molar-refractivity contribution in [3.05, 3.63) is 41.7 Å². The average Bonchev–Trinajstić information content (AvgIpc) is 3.15. The molecular formula is C19H25ClN4O. The number of para-hydroxylation sites is 2. The number of nitrogens with one attached hydrogen (secondary N) is 2. The van der Waals surface area contributed by atoms with E-state index in [2.05, 4.69) is 15.7 Å². The fourth-order valence-electron chi connectivity index (χ4n) is 4.05.